The average molecular weight is 415 g/mol. The number of aliphatic imine (C=N–C) groups is 1. The van der Waals surface area contributed by atoms with Crippen LogP contribution >= 0.6 is 0 Å². The van der Waals surface area contributed by atoms with Gasteiger partial charge in [-0.15, -0.1) is 0 Å². The highest BCUT2D eigenvalue weighted by molar-refractivity contribution is 5.94. The van der Waals surface area contributed by atoms with E-state index in [1.54, 1.807) is 6.20 Å². The second-order valence-corrected chi connectivity index (χ2v) is 7.91. The maximum atomic E-state index is 12.5. The van der Waals surface area contributed by atoms with Crippen molar-refractivity contribution in [3.63, 3.8) is 0 Å². The highest BCUT2D eigenvalue weighted by Gasteiger charge is 2.18. The van der Waals surface area contributed by atoms with Crippen LogP contribution in [-0.2, 0) is 6.42 Å². The van der Waals surface area contributed by atoms with E-state index in [1.165, 1.54) is 0 Å². The van der Waals surface area contributed by atoms with Crippen LogP contribution in [0.25, 0.3) is 10.9 Å². The summed E-state index contributed by atoms with van der Waals surface area (Å²) in [6.07, 6.45) is 3.35. The van der Waals surface area contributed by atoms with Crippen molar-refractivity contribution in [3.8, 4) is 6.07 Å². The molecule has 1 atom stereocenters. The molecule has 2 heterocycles. The fraction of sp³-hybridized carbons (Fsp3) is 0.292. The zero-order valence-electron chi connectivity index (χ0n) is 17.8. The lowest BCUT2D eigenvalue weighted by atomic mass is 10.0. The van der Waals surface area contributed by atoms with Crippen LogP contribution in [-0.4, -0.2) is 48.9 Å². The Morgan fingerprint density at radius 3 is 2.81 bits per heavy atom. The van der Waals surface area contributed by atoms with E-state index >= 15 is 0 Å². The molecule has 3 N–H and O–H groups in total. The third-order valence-electron chi connectivity index (χ3n) is 5.55. The molecule has 1 unspecified atom stereocenters. The number of H-pyrrole nitrogens is 1. The predicted molar refractivity (Wildman–Crippen MR) is 122 cm³/mol. The topological polar surface area (TPSA) is 96.3 Å². The minimum atomic E-state index is -0.0841. The Hall–Kier alpha value is -3.79. The Kier molecular flexibility index (Phi) is 5.89. The molecule has 0 spiro atoms. The van der Waals surface area contributed by atoms with Gasteiger partial charge in [0.15, 0.2) is 5.96 Å². The van der Waals surface area contributed by atoms with E-state index in [0.717, 1.165) is 41.0 Å². The first-order valence-electron chi connectivity index (χ1n) is 10.4. The van der Waals surface area contributed by atoms with E-state index in [9.17, 15) is 10.1 Å². The standard InChI is InChI=1S/C24H26N6O/c1-30(2)24-27-12-10-21(29-24)17-4-6-18(7-5-17)23(31)26-11-9-16-3-8-22-20(13-16)19(14-25)15-28-22/h3-8,13,15,21,28H,9-12H2,1-2H3,(H,26,31)(H,27,29). The number of fused-ring (bicyclic) bond motifs is 1. The second-order valence-electron chi connectivity index (χ2n) is 7.91. The molecule has 0 bridgehead atoms. The number of benzene rings is 2. The summed E-state index contributed by atoms with van der Waals surface area (Å²) in [6.45, 7) is 1.32. The van der Waals surface area contributed by atoms with Crippen LogP contribution in [0, 0.1) is 11.3 Å². The lowest BCUT2D eigenvalue weighted by Crippen LogP contribution is -2.41. The maximum absolute atomic E-state index is 12.5. The number of guanidine groups is 1. The first-order valence-corrected chi connectivity index (χ1v) is 10.4. The first kappa shape index (κ1) is 20.5. The normalized spacial score (nSPS) is 15.6. The number of nitrogens with zero attached hydrogens (tertiary/aromatic N) is 3. The summed E-state index contributed by atoms with van der Waals surface area (Å²) in [5.41, 5.74) is 4.46. The second kappa shape index (κ2) is 8.92. The van der Waals surface area contributed by atoms with Crippen LogP contribution in [0.15, 0.2) is 53.7 Å². The molecule has 0 radical (unpaired) electrons. The van der Waals surface area contributed by atoms with Gasteiger partial charge in [-0.25, -0.2) is 0 Å². The third kappa shape index (κ3) is 4.53. The quantitative estimate of drug-likeness (QED) is 0.598. The van der Waals surface area contributed by atoms with Crippen LogP contribution in [0.1, 0.15) is 39.5 Å². The zero-order valence-corrected chi connectivity index (χ0v) is 17.8. The van der Waals surface area contributed by atoms with Gasteiger partial charge >= 0.3 is 0 Å². The molecule has 1 aromatic heterocycles. The summed E-state index contributed by atoms with van der Waals surface area (Å²) in [6, 6.07) is 16.2. The van der Waals surface area contributed by atoms with Crippen molar-refractivity contribution < 1.29 is 4.79 Å². The molecule has 1 amide bonds. The zero-order chi connectivity index (χ0) is 21.8. The number of carbonyl (C=O) groups excluding carboxylic acids is 1. The largest absolute Gasteiger partial charge is 0.360 e. The van der Waals surface area contributed by atoms with Gasteiger partial charge in [0.2, 0.25) is 0 Å². The highest BCUT2D eigenvalue weighted by Crippen LogP contribution is 2.21. The fourth-order valence-corrected chi connectivity index (χ4v) is 3.80. The number of hydrogen-bond acceptors (Lipinski definition) is 5. The smallest absolute Gasteiger partial charge is 0.251 e. The number of nitrogens with one attached hydrogen (secondary N) is 3. The van der Waals surface area contributed by atoms with Crippen LogP contribution in [0.2, 0.25) is 0 Å². The van der Waals surface area contributed by atoms with Crippen LogP contribution in [0.3, 0.4) is 0 Å². The van der Waals surface area contributed by atoms with Crippen molar-refractivity contribution in [2.24, 2.45) is 4.99 Å². The summed E-state index contributed by atoms with van der Waals surface area (Å²) in [4.78, 5) is 22.1. The molecule has 0 fully saturated rings. The van der Waals surface area contributed by atoms with Gasteiger partial charge in [0.05, 0.1) is 11.6 Å². The molecule has 1 aliphatic heterocycles. The van der Waals surface area contributed by atoms with Crippen LogP contribution in [0.4, 0.5) is 0 Å². The highest BCUT2D eigenvalue weighted by atomic mass is 16.1. The Bertz CT molecular complexity index is 1150. The summed E-state index contributed by atoms with van der Waals surface area (Å²) in [5, 5.41) is 16.5. The molecule has 4 rings (SSSR count). The van der Waals surface area contributed by atoms with E-state index in [2.05, 4.69) is 26.7 Å². The van der Waals surface area contributed by atoms with Gasteiger partial charge in [-0.2, -0.15) is 5.26 Å². The minimum Gasteiger partial charge on any atom is -0.360 e. The molecule has 0 saturated carbocycles. The Balaban J connectivity index is 1.33. The fourth-order valence-electron chi connectivity index (χ4n) is 3.80. The van der Waals surface area contributed by atoms with Crippen molar-refractivity contribution in [2.75, 3.05) is 27.2 Å². The van der Waals surface area contributed by atoms with Gasteiger partial charge in [-0.1, -0.05) is 18.2 Å². The molecule has 0 saturated heterocycles. The third-order valence-corrected chi connectivity index (χ3v) is 5.55. The minimum absolute atomic E-state index is 0.0841. The van der Waals surface area contributed by atoms with Crippen molar-refractivity contribution in [1.82, 2.24) is 20.5 Å². The van der Waals surface area contributed by atoms with Crippen molar-refractivity contribution >= 4 is 22.8 Å². The van der Waals surface area contributed by atoms with Gasteiger partial charge in [0.25, 0.3) is 5.91 Å². The summed E-state index contributed by atoms with van der Waals surface area (Å²) < 4.78 is 0. The van der Waals surface area contributed by atoms with E-state index in [-0.39, 0.29) is 11.9 Å². The Labute approximate surface area is 181 Å². The molecule has 7 heteroatoms. The SMILES string of the molecule is CN(C)C1=NCCC(c2ccc(C(=O)NCCc3ccc4[nH]cc(C#N)c4c3)cc2)N1. The van der Waals surface area contributed by atoms with E-state index in [4.69, 9.17) is 0 Å². The predicted octanol–water partition coefficient (Wildman–Crippen LogP) is 2.96. The van der Waals surface area contributed by atoms with Gasteiger partial charge in [0.1, 0.15) is 6.07 Å². The molecule has 3 aromatic rings. The van der Waals surface area contributed by atoms with Crippen molar-refractivity contribution in [2.45, 2.75) is 18.9 Å². The molecular weight excluding hydrogens is 388 g/mol. The van der Waals surface area contributed by atoms with E-state index in [0.29, 0.717) is 24.1 Å². The summed E-state index contributed by atoms with van der Waals surface area (Å²) in [7, 11) is 3.95. The Morgan fingerprint density at radius 2 is 2.06 bits per heavy atom. The van der Waals surface area contributed by atoms with Gasteiger partial charge in [-0.05, 0) is 48.2 Å². The van der Waals surface area contributed by atoms with E-state index in [1.807, 2.05) is 61.5 Å². The van der Waals surface area contributed by atoms with Crippen molar-refractivity contribution in [3.05, 3.63) is 70.9 Å². The molecule has 7 nitrogen and oxygen atoms in total. The number of rotatable bonds is 5. The summed E-state index contributed by atoms with van der Waals surface area (Å²) >= 11 is 0. The Morgan fingerprint density at radius 1 is 1.26 bits per heavy atom. The number of amides is 1. The average Bonchev–Trinajstić information content (AvgIpc) is 3.21. The van der Waals surface area contributed by atoms with Gasteiger partial charge in [0, 0.05) is 49.8 Å². The van der Waals surface area contributed by atoms with Crippen LogP contribution in [0.5, 0.6) is 0 Å². The molecule has 31 heavy (non-hydrogen) atoms. The molecule has 1 aliphatic rings. The van der Waals surface area contributed by atoms with Gasteiger partial charge in [-0.3, -0.25) is 9.79 Å². The van der Waals surface area contributed by atoms with Gasteiger partial charge < -0.3 is 20.5 Å². The maximum Gasteiger partial charge on any atom is 0.251 e. The monoisotopic (exact) mass is 414 g/mol. The molecule has 158 valence electrons. The van der Waals surface area contributed by atoms with Crippen LogP contribution < -0.4 is 10.6 Å². The van der Waals surface area contributed by atoms with Crippen molar-refractivity contribution in [1.29, 1.82) is 5.26 Å². The molecule has 2 aromatic carbocycles. The first-order chi connectivity index (χ1) is 15.0. The van der Waals surface area contributed by atoms with E-state index < -0.39 is 0 Å². The number of carbonyl (C=O) groups is 1. The lowest BCUT2D eigenvalue weighted by Gasteiger charge is -2.28. The molecular formula is C24H26N6O. The number of hydrogen-bond donors (Lipinski definition) is 3. The number of aromatic amines is 1. The summed E-state index contributed by atoms with van der Waals surface area (Å²) in [5.74, 6) is 0.803. The lowest BCUT2D eigenvalue weighted by molar-refractivity contribution is 0.0954. The molecule has 0 aliphatic carbocycles. The number of nitriles is 1. The number of aromatic nitrogens is 1.